The molecule has 1 atom stereocenters. The van der Waals surface area contributed by atoms with Crippen molar-refractivity contribution in [3.63, 3.8) is 0 Å². The fourth-order valence-electron chi connectivity index (χ4n) is 1.97. The lowest BCUT2D eigenvalue weighted by Crippen LogP contribution is -2.36. The van der Waals surface area contributed by atoms with Crippen LogP contribution in [0, 0.1) is 0 Å². The molecule has 10 heteroatoms. The van der Waals surface area contributed by atoms with Gasteiger partial charge in [0, 0.05) is 12.1 Å². The Morgan fingerprint density at radius 1 is 1.25 bits per heavy atom. The van der Waals surface area contributed by atoms with Gasteiger partial charge in [-0.05, 0) is 30.7 Å². The number of rotatable bonds is 5. The van der Waals surface area contributed by atoms with Crippen molar-refractivity contribution in [2.45, 2.75) is 25.2 Å². The van der Waals surface area contributed by atoms with Crippen LogP contribution in [0.4, 0.5) is 18.9 Å². The molecule has 0 aliphatic carbocycles. The summed E-state index contributed by atoms with van der Waals surface area (Å²) in [5.41, 5.74) is 0.208. The molecule has 1 aliphatic heterocycles. The molecular weight excluding hydrogens is 333 g/mol. The first-order valence-electron chi connectivity index (χ1n) is 6.84. The second-order valence-electron chi connectivity index (χ2n) is 4.89. The van der Waals surface area contributed by atoms with Crippen LogP contribution in [0.3, 0.4) is 0 Å². The molecule has 2 rings (SSSR count). The molecule has 2 N–H and O–H groups in total. The number of carbonyl (C=O) groups is 3. The smallest absolute Gasteiger partial charge is 0.454 e. The van der Waals surface area contributed by atoms with Gasteiger partial charge < -0.3 is 20.1 Å². The zero-order valence-electron chi connectivity index (χ0n) is 12.2. The number of halogens is 3. The normalized spacial score (nSPS) is 17.1. The number of anilines is 1. The van der Waals surface area contributed by atoms with Gasteiger partial charge in [0.15, 0.2) is 6.61 Å². The number of hydrogen-bond acceptors (Lipinski definition) is 5. The maximum atomic E-state index is 12.0. The van der Waals surface area contributed by atoms with Crippen molar-refractivity contribution >= 4 is 23.5 Å². The van der Waals surface area contributed by atoms with Crippen LogP contribution in [-0.4, -0.2) is 36.8 Å². The SMILES string of the molecule is O=C(COC(=O)[C@@H]1CCC(=O)N1)Nc1ccc(OC(F)(F)F)cc1. The topological polar surface area (TPSA) is 93.7 Å². The Kier molecular flexibility index (Phi) is 5.27. The Labute approximate surface area is 134 Å². The van der Waals surface area contributed by atoms with Gasteiger partial charge in [0.25, 0.3) is 5.91 Å². The lowest BCUT2D eigenvalue weighted by molar-refractivity contribution is -0.274. The van der Waals surface area contributed by atoms with E-state index in [0.29, 0.717) is 6.42 Å². The fourth-order valence-corrected chi connectivity index (χ4v) is 1.97. The summed E-state index contributed by atoms with van der Waals surface area (Å²) >= 11 is 0. The lowest BCUT2D eigenvalue weighted by Gasteiger charge is -2.11. The number of carbonyl (C=O) groups excluding carboxylic acids is 3. The molecule has 0 unspecified atom stereocenters. The number of amides is 2. The van der Waals surface area contributed by atoms with Crippen molar-refractivity contribution in [3.8, 4) is 5.75 Å². The molecule has 0 spiro atoms. The summed E-state index contributed by atoms with van der Waals surface area (Å²) < 4.78 is 44.5. The third-order valence-electron chi connectivity index (χ3n) is 3.00. The number of hydrogen-bond donors (Lipinski definition) is 2. The van der Waals surface area contributed by atoms with Gasteiger partial charge in [-0.1, -0.05) is 0 Å². The van der Waals surface area contributed by atoms with Crippen LogP contribution in [0.15, 0.2) is 24.3 Å². The van der Waals surface area contributed by atoms with E-state index in [1.54, 1.807) is 0 Å². The number of esters is 1. The van der Waals surface area contributed by atoms with Crippen LogP contribution in [0.2, 0.25) is 0 Å². The van der Waals surface area contributed by atoms with Gasteiger partial charge in [0.05, 0.1) is 0 Å². The molecule has 0 bridgehead atoms. The summed E-state index contributed by atoms with van der Waals surface area (Å²) in [6.45, 7) is -0.577. The summed E-state index contributed by atoms with van der Waals surface area (Å²) in [5.74, 6) is -2.08. The molecule has 24 heavy (non-hydrogen) atoms. The first-order chi connectivity index (χ1) is 11.2. The van der Waals surface area contributed by atoms with Crippen molar-refractivity contribution in [1.29, 1.82) is 0 Å². The lowest BCUT2D eigenvalue weighted by atomic mass is 10.2. The van der Waals surface area contributed by atoms with E-state index in [9.17, 15) is 27.6 Å². The van der Waals surface area contributed by atoms with Crippen molar-refractivity contribution in [2.75, 3.05) is 11.9 Å². The van der Waals surface area contributed by atoms with E-state index in [0.717, 1.165) is 12.1 Å². The first kappa shape index (κ1) is 17.6. The fraction of sp³-hybridized carbons (Fsp3) is 0.357. The van der Waals surface area contributed by atoms with E-state index in [1.807, 2.05) is 0 Å². The molecule has 1 saturated heterocycles. The largest absolute Gasteiger partial charge is 0.573 e. The average molecular weight is 346 g/mol. The van der Waals surface area contributed by atoms with Gasteiger partial charge in [-0.25, -0.2) is 4.79 Å². The molecule has 1 aromatic rings. The Morgan fingerprint density at radius 3 is 2.46 bits per heavy atom. The molecule has 1 aromatic carbocycles. The molecule has 7 nitrogen and oxygen atoms in total. The standard InChI is InChI=1S/C14H13F3N2O5/c15-14(16,17)24-9-3-1-8(2-4-9)18-12(21)7-23-13(22)10-5-6-11(20)19-10/h1-4,10H,5-7H2,(H,18,21)(H,19,20)/t10-/m0/s1. The van der Waals surface area contributed by atoms with Gasteiger partial charge in [0.1, 0.15) is 11.8 Å². The summed E-state index contributed by atoms with van der Waals surface area (Å²) in [4.78, 5) is 34.2. The molecule has 1 heterocycles. The highest BCUT2D eigenvalue weighted by molar-refractivity contribution is 5.94. The van der Waals surface area contributed by atoms with Crippen molar-refractivity contribution < 1.29 is 37.0 Å². The molecule has 0 aromatic heterocycles. The summed E-state index contributed by atoms with van der Waals surface area (Å²) in [5, 5.41) is 4.75. The minimum atomic E-state index is -4.80. The molecule has 1 fully saturated rings. The Balaban J connectivity index is 1.78. The summed E-state index contributed by atoms with van der Waals surface area (Å²) in [7, 11) is 0. The van der Waals surface area contributed by atoms with Gasteiger partial charge in [-0.15, -0.1) is 13.2 Å². The second kappa shape index (κ2) is 7.20. The van der Waals surface area contributed by atoms with Gasteiger partial charge in [0.2, 0.25) is 5.91 Å². The predicted molar refractivity (Wildman–Crippen MR) is 73.9 cm³/mol. The molecule has 0 radical (unpaired) electrons. The Morgan fingerprint density at radius 2 is 1.92 bits per heavy atom. The summed E-state index contributed by atoms with van der Waals surface area (Å²) in [6, 6.07) is 3.71. The van der Waals surface area contributed by atoms with Crippen LogP contribution in [0.5, 0.6) is 5.75 Å². The van der Waals surface area contributed by atoms with Crippen LogP contribution < -0.4 is 15.4 Å². The van der Waals surface area contributed by atoms with Crippen LogP contribution in [0.1, 0.15) is 12.8 Å². The van der Waals surface area contributed by atoms with E-state index in [1.165, 1.54) is 12.1 Å². The minimum absolute atomic E-state index is 0.208. The van der Waals surface area contributed by atoms with E-state index in [4.69, 9.17) is 4.74 Å². The predicted octanol–water partition coefficient (Wildman–Crippen LogP) is 1.35. The highest BCUT2D eigenvalue weighted by Gasteiger charge is 2.31. The zero-order chi connectivity index (χ0) is 17.7. The maximum absolute atomic E-state index is 12.0. The molecular formula is C14H13F3N2O5. The number of nitrogens with one attached hydrogen (secondary N) is 2. The highest BCUT2D eigenvalue weighted by atomic mass is 19.4. The van der Waals surface area contributed by atoms with Crippen LogP contribution >= 0.6 is 0 Å². The average Bonchev–Trinajstić information content (AvgIpc) is 2.92. The van der Waals surface area contributed by atoms with Gasteiger partial charge in [-0.3, -0.25) is 9.59 Å². The molecule has 0 saturated carbocycles. The monoisotopic (exact) mass is 346 g/mol. The van der Waals surface area contributed by atoms with E-state index in [2.05, 4.69) is 15.4 Å². The quantitative estimate of drug-likeness (QED) is 0.785. The highest BCUT2D eigenvalue weighted by Crippen LogP contribution is 2.23. The Bertz CT molecular complexity index is 630. The van der Waals surface area contributed by atoms with Gasteiger partial charge in [-0.2, -0.15) is 0 Å². The third-order valence-corrected chi connectivity index (χ3v) is 3.00. The maximum Gasteiger partial charge on any atom is 0.573 e. The summed E-state index contributed by atoms with van der Waals surface area (Å²) in [6.07, 6.45) is -4.27. The zero-order valence-corrected chi connectivity index (χ0v) is 12.2. The van der Waals surface area contributed by atoms with Crippen molar-refractivity contribution in [1.82, 2.24) is 5.32 Å². The molecule has 130 valence electrons. The molecule has 2 amide bonds. The third kappa shape index (κ3) is 5.45. The van der Waals surface area contributed by atoms with Crippen LogP contribution in [-0.2, 0) is 19.1 Å². The minimum Gasteiger partial charge on any atom is -0.454 e. The number of ether oxygens (including phenoxy) is 2. The van der Waals surface area contributed by atoms with Gasteiger partial charge >= 0.3 is 12.3 Å². The number of benzene rings is 1. The number of alkyl halides is 3. The van der Waals surface area contributed by atoms with Crippen LogP contribution in [0.25, 0.3) is 0 Å². The van der Waals surface area contributed by atoms with E-state index in [-0.39, 0.29) is 18.0 Å². The first-order valence-corrected chi connectivity index (χ1v) is 6.84. The molecule has 1 aliphatic rings. The van der Waals surface area contributed by atoms with E-state index >= 15 is 0 Å². The van der Waals surface area contributed by atoms with Crippen molar-refractivity contribution in [2.24, 2.45) is 0 Å². The van der Waals surface area contributed by atoms with E-state index < -0.39 is 36.6 Å². The van der Waals surface area contributed by atoms with Crippen molar-refractivity contribution in [3.05, 3.63) is 24.3 Å². The second-order valence-corrected chi connectivity index (χ2v) is 4.89. The Hall–Kier alpha value is -2.78.